The molecule has 2 aromatic heterocycles. The molecular weight excluding hydrogens is 390 g/mol. The van der Waals surface area contributed by atoms with Crippen molar-refractivity contribution in [2.45, 2.75) is 45.2 Å². The van der Waals surface area contributed by atoms with Crippen molar-refractivity contribution in [2.75, 3.05) is 0 Å². The van der Waals surface area contributed by atoms with Crippen LogP contribution in [0.4, 0.5) is 26.3 Å². The Morgan fingerprint density at radius 1 is 1.15 bits per heavy atom. The van der Waals surface area contributed by atoms with Gasteiger partial charge in [-0.05, 0) is 19.4 Å². The van der Waals surface area contributed by atoms with E-state index in [4.69, 9.17) is 0 Å². The molecule has 0 aromatic carbocycles. The number of aryl methyl sites for hydroxylation is 2. The van der Waals surface area contributed by atoms with Crippen molar-refractivity contribution in [3.63, 3.8) is 0 Å². The van der Waals surface area contributed by atoms with Crippen LogP contribution in [-0.4, -0.2) is 27.8 Å². The first-order valence-electron chi connectivity index (χ1n) is 7.16. The smallest absolute Gasteiger partial charge is 0.297 e. The van der Waals surface area contributed by atoms with Gasteiger partial charge in [0.05, 0.1) is 16.7 Å². The molecule has 0 spiro atoms. The van der Waals surface area contributed by atoms with Crippen molar-refractivity contribution in [3.05, 3.63) is 31.3 Å². The molecule has 12 heteroatoms. The molecule has 2 heterocycles. The molecule has 0 aliphatic heterocycles. The summed E-state index contributed by atoms with van der Waals surface area (Å²) in [6.45, 7) is 0.873. The number of hydrogen-bond donors (Lipinski definition) is 0. The Hall–Kier alpha value is -2.11. The Morgan fingerprint density at radius 3 is 2.19 bits per heavy atom. The van der Waals surface area contributed by atoms with E-state index in [9.17, 15) is 40.7 Å². The molecule has 2 rings (SSSR count). The van der Waals surface area contributed by atoms with E-state index in [2.05, 4.69) is 0 Å². The van der Waals surface area contributed by atoms with E-state index in [1.165, 1.54) is 6.92 Å². The highest BCUT2D eigenvalue weighted by molar-refractivity contribution is 7.20. The molecule has 26 heavy (non-hydrogen) atoms. The van der Waals surface area contributed by atoms with Gasteiger partial charge in [0.25, 0.3) is 5.56 Å². The zero-order valence-corrected chi connectivity index (χ0v) is 14.2. The van der Waals surface area contributed by atoms with Crippen LogP contribution in [0.3, 0.4) is 0 Å². The lowest BCUT2D eigenvalue weighted by Crippen LogP contribution is -2.45. The molecule has 0 aliphatic carbocycles. The van der Waals surface area contributed by atoms with Gasteiger partial charge in [0.15, 0.2) is 6.29 Å². The second-order valence-electron chi connectivity index (χ2n) is 5.58. The van der Waals surface area contributed by atoms with Gasteiger partial charge in [-0.2, -0.15) is 26.3 Å². The number of nitrogens with zero attached hydrogens (tertiary/aromatic N) is 2. The Kier molecular flexibility index (Phi) is 5.10. The number of halogens is 6. The van der Waals surface area contributed by atoms with E-state index in [1.807, 2.05) is 0 Å². The van der Waals surface area contributed by atoms with Gasteiger partial charge in [0.1, 0.15) is 10.9 Å². The Morgan fingerprint density at radius 2 is 1.73 bits per heavy atom. The van der Waals surface area contributed by atoms with Gasteiger partial charge in [0, 0.05) is 6.54 Å². The molecule has 1 unspecified atom stereocenters. The first-order chi connectivity index (χ1) is 11.8. The van der Waals surface area contributed by atoms with Gasteiger partial charge in [-0.15, -0.1) is 11.3 Å². The summed E-state index contributed by atoms with van der Waals surface area (Å²) in [5.41, 5.74) is -2.77. The lowest BCUT2D eigenvalue weighted by Gasteiger charge is -2.20. The molecule has 0 aliphatic rings. The lowest BCUT2D eigenvalue weighted by atomic mass is 10.2. The third-order valence-corrected chi connectivity index (χ3v) is 5.11. The third-order valence-electron chi connectivity index (χ3n) is 3.87. The fraction of sp³-hybridized carbons (Fsp3) is 0.500. The summed E-state index contributed by atoms with van der Waals surface area (Å²) in [7, 11) is 0. The van der Waals surface area contributed by atoms with Crippen molar-refractivity contribution in [2.24, 2.45) is 0 Å². The first-order valence-corrected chi connectivity index (χ1v) is 7.98. The molecule has 0 saturated carbocycles. The van der Waals surface area contributed by atoms with Crippen LogP contribution in [0.25, 0.3) is 10.2 Å². The van der Waals surface area contributed by atoms with Gasteiger partial charge in [0.2, 0.25) is 0 Å². The lowest BCUT2D eigenvalue weighted by molar-refractivity contribution is -0.164. The highest BCUT2D eigenvalue weighted by atomic mass is 32.1. The van der Waals surface area contributed by atoms with E-state index >= 15 is 0 Å². The minimum atomic E-state index is -4.96. The van der Waals surface area contributed by atoms with E-state index in [1.54, 1.807) is 0 Å². The molecule has 0 bridgehead atoms. The molecule has 2 aromatic rings. The van der Waals surface area contributed by atoms with Crippen LogP contribution in [-0.2, 0) is 6.54 Å². The monoisotopic (exact) mass is 402 g/mol. The first kappa shape index (κ1) is 20.2. The Balaban J connectivity index is 2.89. The minimum Gasteiger partial charge on any atom is -0.297 e. The average Bonchev–Trinajstić information content (AvgIpc) is 2.81. The van der Waals surface area contributed by atoms with Gasteiger partial charge in [-0.1, -0.05) is 0 Å². The number of aromatic nitrogens is 2. The highest BCUT2D eigenvalue weighted by Crippen LogP contribution is 2.31. The molecule has 0 radical (unpaired) electrons. The number of fused-ring (bicyclic) bond motifs is 1. The zero-order valence-electron chi connectivity index (χ0n) is 13.4. The summed E-state index contributed by atoms with van der Waals surface area (Å²) in [5.74, 6) is 0. The molecule has 0 amide bonds. The Labute approximate surface area is 145 Å². The maximum atomic E-state index is 13.0. The molecular formula is C14H12F6N2O3S. The summed E-state index contributed by atoms with van der Waals surface area (Å²) in [6.07, 6.45) is -10.8. The number of aldehydes is 1. The maximum absolute atomic E-state index is 13.0. The molecule has 5 nitrogen and oxygen atoms in total. The number of carbonyl (C=O) groups excluding carboxylic acids is 1. The number of thiophene rings is 1. The van der Waals surface area contributed by atoms with Crippen LogP contribution >= 0.6 is 11.3 Å². The van der Waals surface area contributed by atoms with Gasteiger partial charge in [-0.3, -0.25) is 14.2 Å². The van der Waals surface area contributed by atoms with Crippen LogP contribution in [0.5, 0.6) is 0 Å². The van der Waals surface area contributed by atoms with Crippen LogP contribution in [0.15, 0.2) is 9.59 Å². The van der Waals surface area contributed by atoms with Crippen molar-refractivity contribution in [1.29, 1.82) is 0 Å². The van der Waals surface area contributed by atoms with E-state index in [-0.39, 0.29) is 25.2 Å². The average molecular weight is 402 g/mol. The van der Waals surface area contributed by atoms with Gasteiger partial charge >= 0.3 is 18.0 Å². The maximum Gasteiger partial charge on any atom is 0.409 e. The molecule has 144 valence electrons. The van der Waals surface area contributed by atoms with Crippen molar-refractivity contribution >= 4 is 27.8 Å². The topological polar surface area (TPSA) is 61.1 Å². The second kappa shape index (κ2) is 6.56. The molecule has 1 atom stereocenters. The summed E-state index contributed by atoms with van der Waals surface area (Å²) >= 11 is 0.590. The standard InChI is InChI=1S/C14H12F6N2O3S/c1-6-8(5-23)26-11-9(6)10(24)22(7(2)14(18,19)20)12(25)21(11)4-3-13(15,16)17/h5,7H,3-4H2,1-2H3. The summed E-state index contributed by atoms with van der Waals surface area (Å²) < 4.78 is 77.1. The van der Waals surface area contributed by atoms with E-state index in [0.29, 0.717) is 29.1 Å². The van der Waals surface area contributed by atoms with Crippen molar-refractivity contribution in [1.82, 2.24) is 9.13 Å². The molecule has 0 fully saturated rings. The fourth-order valence-electron chi connectivity index (χ4n) is 2.42. The minimum absolute atomic E-state index is 0.0221. The zero-order chi connectivity index (χ0) is 20.0. The molecule has 0 N–H and O–H groups in total. The van der Waals surface area contributed by atoms with Crippen molar-refractivity contribution in [3.8, 4) is 0 Å². The second-order valence-corrected chi connectivity index (χ2v) is 6.61. The van der Waals surface area contributed by atoms with Gasteiger partial charge < -0.3 is 0 Å². The van der Waals surface area contributed by atoms with Gasteiger partial charge in [-0.25, -0.2) is 9.36 Å². The van der Waals surface area contributed by atoms with E-state index in [0.717, 1.165) is 0 Å². The van der Waals surface area contributed by atoms with Crippen LogP contribution in [0.2, 0.25) is 0 Å². The quantitative estimate of drug-likeness (QED) is 0.582. The normalized spacial score (nSPS) is 14.0. The highest BCUT2D eigenvalue weighted by Gasteiger charge is 2.40. The predicted molar refractivity (Wildman–Crippen MR) is 81.9 cm³/mol. The fourth-order valence-corrected chi connectivity index (χ4v) is 3.55. The molecule has 0 saturated heterocycles. The number of alkyl halides is 6. The van der Waals surface area contributed by atoms with Crippen LogP contribution in [0.1, 0.15) is 34.6 Å². The van der Waals surface area contributed by atoms with Crippen molar-refractivity contribution < 1.29 is 31.1 Å². The number of hydrogen-bond acceptors (Lipinski definition) is 4. The van der Waals surface area contributed by atoms with E-state index < -0.39 is 42.6 Å². The third kappa shape index (κ3) is 3.55. The summed E-state index contributed by atoms with van der Waals surface area (Å²) in [6, 6.07) is -2.54. The summed E-state index contributed by atoms with van der Waals surface area (Å²) in [5, 5.41) is -0.366. The van der Waals surface area contributed by atoms with Crippen LogP contribution < -0.4 is 11.2 Å². The number of carbonyl (C=O) groups is 1. The van der Waals surface area contributed by atoms with Crippen LogP contribution in [0, 0.1) is 6.92 Å². The predicted octanol–water partition coefficient (Wildman–Crippen LogP) is 3.42. The largest absolute Gasteiger partial charge is 0.409 e. The Bertz CT molecular complexity index is 967. The SMILES string of the molecule is Cc1c(C=O)sc2c1c(=O)n(C(C)C(F)(F)F)c(=O)n2CCC(F)(F)F. The summed E-state index contributed by atoms with van der Waals surface area (Å²) in [4.78, 5) is 35.6. The number of rotatable bonds is 4.